The SMILES string of the molecule is O=C(Cc1ccc([N+](=O)[O-])cc1)Cc1cccc(C2=NCCN2)c1. The van der Waals surface area contributed by atoms with Crippen molar-refractivity contribution in [1.29, 1.82) is 0 Å². The summed E-state index contributed by atoms with van der Waals surface area (Å²) in [5.41, 5.74) is 2.75. The smallest absolute Gasteiger partial charge is 0.269 e. The summed E-state index contributed by atoms with van der Waals surface area (Å²) in [5.74, 6) is 0.946. The first-order valence-corrected chi connectivity index (χ1v) is 7.74. The molecular weight excluding hydrogens is 306 g/mol. The van der Waals surface area contributed by atoms with Gasteiger partial charge in [0, 0.05) is 37.1 Å². The zero-order valence-corrected chi connectivity index (χ0v) is 13.1. The van der Waals surface area contributed by atoms with Crippen LogP contribution in [0.15, 0.2) is 53.5 Å². The van der Waals surface area contributed by atoms with E-state index in [1.54, 1.807) is 12.1 Å². The highest BCUT2D eigenvalue weighted by Crippen LogP contribution is 2.14. The molecule has 0 amide bonds. The van der Waals surface area contributed by atoms with Gasteiger partial charge in [0.1, 0.15) is 11.6 Å². The molecule has 1 N–H and O–H groups in total. The van der Waals surface area contributed by atoms with E-state index < -0.39 is 4.92 Å². The van der Waals surface area contributed by atoms with Gasteiger partial charge in [-0.15, -0.1) is 0 Å². The third-order valence-electron chi connectivity index (χ3n) is 3.82. The molecule has 0 aliphatic carbocycles. The predicted octanol–water partition coefficient (Wildman–Crippen LogP) is 2.30. The molecule has 2 aromatic rings. The van der Waals surface area contributed by atoms with E-state index in [0.717, 1.165) is 35.6 Å². The molecule has 0 atom stereocenters. The van der Waals surface area contributed by atoms with Gasteiger partial charge in [-0.2, -0.15) is 0 Å². The van der Waals surface area contributed by atoms with E-state index in [-0.39, 0.29) is 17.9 Å². The van der Waals surface area contributed by atoms with Crippen LogP contribution in [0.1, 0.15) is 16.7 Å². The highest BCUT2D eigenvalue weighted by atomic mass is 16.6. The van der Waals surface area contributed by atoms with Gasteiger partial charge in [-0.05, 0) is 17.2 Å². The zero-order chi connectivity index (χ0) is 16.9. The van der Waals surface area contributed by atoms with Crippen LogP contribution in [0.3, 0.4) is 0 Å². The number of hydrogen-bond donors (Lipinski definition) is 1. The summed E-state index contributed by atoms with van der Waals surface area (Å²) in [7, 11) is 0. The largest absolute Gasteiger partial charge is 0.368 e. The summed E-state index contributed by atoms with van der Waals surface area (Å²) in [6, 6.07) is 13.9. The Bertz CT molecular complexity index is 797. The standard InChI is InChI=1S/C18H17N3O3/c22-17(11-13-4-6-16(7-5-13)21(23)24)12-14-2-1-3-15(10-14)18-19-8-9-20-18/h1-7,10H,8-9,11-12H2,(H,19,20). The van der Waals surface area contributed by atoms with Crippen molar-refractivity contribution in [3.05, 3.63) is 75.3 Å². The number of nitrogens with zero attached hydrogens (tertiary/aromatic N) is 2. The van der Waals surface area contributed by atoms with Crippen LogP contribution in [0, 0.1) is 10.1 Å². The molecule has 2 aromatic carbocycles. The second-order valence-electron chi connectivity index (χ2n) is 5.67. The van der Waals surface area contributed by atoms with E-state index in [9.17, 15) is 14.9 Å². The zero-order valence-electron chi connectivity index (χ0n) is 13.1. The summed E-state index contributed by atoms with van der Waals surface area (Å²) >= 11 is 0. The van der Waals surface area contributed by atoms with Crippen molar-refractivity contribution in [1.82, 2.24) is 5.32 Å². The lowest BCUT2D eigenvalue weighted by atomic mass is 10.0. The van der Waals surface area contributed by atoms with Crippen LogP contribution in [0.2, 0.25) is 0 Å². The molecule has 6 nitrogen and oxygen atoms in total. The van der Waals surface area contributed by atoms with Crippen molar-refractivity contribution in [3.8, 4) is 0 Å². The molecule has 0 bridgehead atoms. The van der Waals surface area contributed by atoms with Gasteiger partial charge in [0.25, 0.3) is 5.69 Å². The molecule has 0 aromatic heterocycles. The van der Waals surface area contributed by atoms with Crippen molar-refractivity contribution >= 4 is 17.3 Å². The second-order valence-corrected chi connectivity index (χ2v) is 5.67. The number of amidine groups is 1. The number of rotatable bonds is 6. The van der Waals surface area contributed by atoms with Crippen molar-refractivity contribution in [2.45, 2.75) is 12.8 Å². The third-order valence-corrected chi connectivity index (χ3v) is 3.82. The highest BCUT2D eigenvalue weighted by molar-refractivity contribution is 6.00. The minimum atomic E-state index is -0.448. The predicted molar refractivity (Wildman–Crippen MR) is 91.4 cm³/mol. The summed E-state index contributed by atoms with van der Waals surface area (Å²) in [5, 5.41) is 13.9. The number of aliphatic imine (C=N–C) groups is 1. The van der Waals surface area contributed by atoms with E-state index in [1.807, 2.05) is 24.3 Å². The Morgan fingerprint density at radius 2 is 1.88 bits per heavy atom. The number of nitro benzene ring substituents is 1. The summed E-state index contributed by atoms with van der Waals surface area (Å²) in [6.45, 7) is 1.62. The van der Waals surface area contributed by atoms with Gasteiger partial charge in [-0.1, -0.05) is 30.3 Å². The van der Waals surface area contributed by atoms with Crippen molar-refractivity contribution in [2.75, 3.05) is 13.1 Å². The normalized spacial score (nSPS) is 13.2. The highest BCUT2D eigenvalue weighted by Gasteiger charge is 2.11. The summed E-state index contributed by atoms with van der Waals surface area (Å²) < 4.78 is 0. The topological polar surface area (TPSA) is 84.6 Å². The lowest BCUT2D eigenvalue weighted by molar-refractivity contribution is -0.384. The van der Waals surface area contributed by atoms with E-state index in [2.05, 4.69) is 10.3 Å². The van der Waals surface area contributed by atoms with E-state index in [4.69, 9.17) is 0 Å². The maximum Gasteiger partial charge on any atom is 0.269 e. The molecule has 0 fully saturated rings. The molecule has 122 valence electrons. The van der Waals surface area contributed by atoms with Crippen LogP contribution in [-0.2, 0) is 17.6 Å². The van der Waals surface area contributed by atoms with Gasteiger partial charge in [0.2, 0.25) is 0 Å². The Hall–Kier alpha value is -3.02. The number of ketones is 1. The number of carbonyl (C=O) groups is 1. The van der Waals surface area contributed by atoms with Gasteiger partial charge in [-0.3, -0.25) is 19.9 Å². The lowest BCUT2D eigenvalue weighted by Crippen LogP contribution is -2.19. The fraction of sp³-hybridized carbons (Fsp3) is 0.222. The van der Waals surface area contributed by atoms with E-state index >= 15 is 0 Å². The molecule has 24 heavy (non-hydrogen) atoms. The fourth-order valence-electron chi connectivity index (χ4n) is 2.67. The molecule has 0 saturated carbocycles. The van der Waals surface area contributed by atoms with Crippen LogP contribution in [-0.4, -0.2) is 29.6 Å². The van der Waals surface area contributed by atoms with Crippen LogP contribution < -0.4 is 5.32 Å². The van der Waals surface area contributed by atoms with Gasteiger partial charge in [0.15, 0.2) is 0 Å². The molecule has 0 saturated heterocycles. The number of nitro groups is 1. The van der Waals surface area contributed by atoms with E-state index in [1.165, 1.54) is 12.1 Å². The number of benzene rings is 2. The molecular formula is C18H17N3O3. The number of non-ortho nitro benzene ring substituents is 1. The van der Waals surface area contributed by atoms with Crippen molar-refractivity contribution in [3.63, 3.8) is 0 Å². The van der Waals surface area contributed by atoms with Crippen molar-refractivity contribution < 1.29 is 9.72 Å². The Morgan fingerprint density at radius 1 is 1.12 bits per heavy atom. The number of nitrogens with one attached hydrogen (secondary N) is 1. The summed E-state index contributed by atoms with van der Waals surface area (Å²) in [4.78, 5) is 26.8. The van der Waals surface area contributed by atoms with Crippen molar-refractivity contribution in [2.24, 2.45) is 4.99 Å². The molecule has 0 spiro atoms. The van der Waals surface area contributed by atoms with Crippen LogP contribution in [0.4, 0.5) is 5.69 Å². The number of carbonyl (C=O) groups excluding carboxylic acids is 1. The summed E-state index contributed by atoms with van der Waals surface area (Å²) in [6.07, 6.45) is 0.597. The first-order valence-electron chi connectivity index (χ1n) is 7.74. The molecule has 3 rings (SSSR count). The third kappa shape index (κ3) is 3.84. The maximum absolute atomic E-state index is 12.3. The van der Waals surface area contributed by atoms with E-state index in [0.29, 0.717) is 6.42 Å². The Labute approximate surface area is 139 Å². The molecule has 0 unspecified atom stereocenters. The second kappa shape index (κ2) is 7.04. The average molecular weight is 323 g/mol. The quantitative estimate of drug-likeness (QED) is 0.653. The molecule has 0 radical (unpaired) electrons. The Balaban J connectivity index is 1.64. The van der Waals surface area contributed by atoms with Crippen LogP contribution in [0.5, 0.6) is 0 Å². The first-order chi connectivity index (χ1) is 11.6. The van der Waals surface area contributed by atoms with Crippen LogP contribution >= 0.6 is 0 Å². The first kappa shape index (κ1) is 15.9. The minimum Gasteiger partial charge on any atom is -0.368 e. The van der Waals surface area contributed by atoms with Gasteiger partial charge < -0.3 is 5.32 Å². The van der Waals surface area contributed by atoms with Gasteiger partial charge >= 0.3 is 0 Å². The molecule has 1 heterocycles. The van der Waals surface area contributed by atoms with Gasteiger partial charge in [-0.25, -0.2) is 0 Å². The number of Topliss-reactive ketones (excluding diaryl/α,β-unsaturated/α-hetero) is 1. The average Bonchev–Trinajstić information content (AvgIpc) is 3.10. The molecule has 1 aliphatic rings. The minimum absolute atomic E-state index is 0.0312. The van der Waals surface area contributed by atoms with Crippen LogP contribution in [0.25, 0.3) is 0 Å². The molecule has 6 heteroatoms. The Morgan fingerprint density at radius 3 is 2.54 bits per heavy atom. The number of hydrogen-bond acceptors (Lipinski definition) is 5. The maximum atomic E-state index is 12.3. The lowest BCUT2D eigenvalue weighted by Gasteiger charge is -2.06. The molecule has 1 aliphatic heterocycles. The van der Waals surface area contributed by atoms with Gasteiger partial charge in [0.05, 0.1) is 11.5 Å². The fourth-order valence-corrected chi connectivity index (χ4v) is 2.67. The monoisotopic (exact) mass is 323 g/mol. The Kier molecular flexibility index (Phi) is 4.65.